The summed E-state index contributed by atoms with van der Waals surface area (Å²) in [7, 11) is 8.95. The zero-order valence-electron chi connectivity index (χ0n) is 52.3. The highest BCUT2D eigenvalue weighted by atomic mass is 35.5. The topological polar surface area (TPSA) is 270 Å². The Morgan fingerprint density at radius 1 is 0.820 bits per heavy atom. The molecule has 6 aromatic rings. The molecule has 1 aliphatic heterocycles. The van der Waals surface area contributed by atoms with Gasteiger partial charge in [0.25, 0.3) is 12.0 Å². The van der Waals surface area contributed by atoms with Crippen LogP contribution in [0.4, 0.5) is 12.0 Å². The van der Waals surface area contributed by atoms with Gasteiger partial charge in [-0.1, -0.05) is 50.0 Å². The number of oxazole rings is 2. The number of carbonyl (C=O) groups excluding carboxylic acids is 4. The summed E-state index contributed by atoms with van der Waals surface area (Å²) >= 11 is 13.4. The Morgan fingerprint density at radius 3 is 1.99 bits per heavy atom. The van der Waals surface area contributed by atoms with Crippen molar-refractivity contribution in [2.75, 3.05) is 72.0 Å². The number of ketones is 1. The first-order chi connectivity index (χ1) is 42.4. The maximum absolute atomic E-state index is 14.9. The van der Waals surface area contributed by atoms with E-state index in [1.54, 1.807) is 57.7 Å². The Bertz CT molecular complexity index is 3580. The fourth-order valence-electron chi connectivity index (χ4n) is 11.5. The number of fused-ring (bicyclic) bond motifs is 3. The summed E-state index contributed by atoms with van der Waals surface area (Å²) < 4.78 is 53.9. The van der Waals surface area contributed by atoms with E-state index in [4.69, 9.17) is 70.2 Å². The van der Waals surface area contributed by atoms with Crippen LogP contribution in [0.5, 0.6) is 17.2 Å². The van der Waals surface area contributed by atoms with Crippen LogP contribution < -0.4 is 30.3 Å². The molecule has 0 spiro atoms. The number of carbonyl (C=O) groups is 4. The second-order valence-electron chi connectivity index (χ2n) is 24.5. The molecular formula is C64H81Cl2N8O14P. The van der Waals surface area contributed by atoms with Crippen molar-refractivity contribution in [3.05, 3.63) is 81.8 Å². The van der Waals surface area contributed by atoms with Gasteiger partial charge in [0.1, 0.15) is 76.6 Å². The van der Waals surface area contributed by atoms with Crippen molar-refractivity contribution in [3.63, 3.8) is 0 Å². The van der Waals surface area contributed by atoms with Gasteiger partial charge in [0, 0.05) is 69.1 Å². The number of amides is 1. The Balaban J connectivity index is 0.000000293. The predicted octanol–water partition coefficient (Wildman–Crippen LogP) is 12.1. The number of allylic oxidation sites excluding steroid dienone is 1. The number of H-pyrrole nitrogens is 1. The third-order valence-corrected chi connectivity index (χ3v) is 16.9. The normalized spacial score (nSPS) is 21.0. The van der Waals surface area contributed by atoms with Crippen LogP contribution >= 0.6 is 32.2 Å². The molecule has 0 radical (unpaired) electrons. The lowest BCUT2D eigenvalue weighted by molar-refractivity contribution is -0.157. The molecule has 2 aromatic carbocycles. The second kappa shape index (κ2) is 29.7. The number of ether oxygens (including phenoxy) is 7. The van der Waals surface area contributed by atoms with Crippen molar-refractivity contribution in [2.45, 2.75) is 124 Å². The monoisotopic (exact) mass is 1290 g/mol. The summed E-state index contributed by atoms with van der Waals surface area (Å²) in [6.45, 7) is 18.9. The average molecular weight is 1290 g/mol. The number of aromatic nitrogens is 4. The van der Waals surface area contributed by atoms with E-state index in [1.165, 1.54) is 37.0 Å². The van der Waals surface area contributed by atoms with Crippen LogP contribution in [0.3, 0.4) is 0 Å². The van der Waals surface area contributed by atoms with Crippen LogP contribution in [0.1, 0.15) is 93.4 Å². The molecule has 1 amide bonds. The SMILES string of the molecule is C=C[C@@H]1C[C@]1(CC(=O)[C@@H]1C[C@@H](Oc2cc(-c3coc(NC(C)C)n3)nc3c(Cl)c(OCCOC)ccc23)CN1C(=O)[C@@H](CC(=O)OC1C[C@@H]2C[C@@H]2C1)C(C)(C)C)C(=O)OC.CN=P.COCCOc1ccc2c(=O)cc(-c3coc(NC(C)C)n3)[nH]c2c1Cl. The Hall–Kier alpha value is -7.10. The van der Waals surface area contributed by atoms with Crippen molar-refractivity contribution < 1.29 is 61.2 Å². The van der Waals surface area contributed by atoms with Gasteiger partial charge in [-0.2, -0.15) is 9.97 Å². The third kappa shape index (κ3) is 16.5. The molecule has 4 fully saturated rings. The van der Waals surface area contributed by atoms with Crippen molar-refractivity contribution >= 4 is 89.7 Å². The molecule has 8 atom stereocenters. The number of likely N-dealkylation sites (tertiary alicyclic amines) is 1. The first-order valence-electron chi connectivity index (χ1n) is 29.8. The zero-order valence-corrected chi connectivity index (χ0v) is 54.8. The molecule has 0 bridgehead atoms. The quantitative estimate of drug-likeness (QED) is 0.0208. The van der Waals surface area contributed by atoms with E-state index in [0.717, 1.165) is 12.8 Å². The number of anilines is 2. The first-order valence-corrected chi connectivity index (χ1v) is 31.0. The molecule has 3 N–H and O–H groups in total. The highest BCUT2D eigenvalue weighted by Crippen LogP contribution is 2.57. The van der Waals surface area contributed by atoms with Gasteiger partial charge in [0.2, 0.25) is 5.91 Å². The smallest absolute Gasteiger partial charge is 0.312 e. The van der Waals surface area contributed by atoms with Gasteiger partial charge in [0.15, 0.2) is 11.2 Å². The lowest BCUT2D eigenvalue weighted by Crippen LogP contribution is -2.48. The molecule has 89 heavy (non-hydrogen) atoms. The lowest BCUT2D eigenvalue weighted by Gasteiger charge is -2.35. The Morgan fingerprint density at radius 2 is 1.42 bits per heavy atom. The molecule has 10 rings (SSSR count). The largest absolute Gasteiger partial charge is 0.490 e. The fourth-order valence-corrected chi connectivity index (χ4v) is 12.0. The lowest BCUT2D eigenvalue weighted by atomic mass is 9.77. The first kappa shape index (κ1) is 67.8. The number of esters is 2. The van der Waals surface area contributed by atoms with Gasteiger partial charge in [-0.15, -0.1) is 6.58 Å². The van der Waals surface area contributed by atoms with Crippen LogP contribution in [-0.2, 0) is 38.1 Å². The number of aromatic amines is 1. The number of methoxy groups -OCH3 is 3. The Labute approximate surface area is 530 Å². The molecular weight excluding hydrogens is 1210 g/mol. The molecule has 22 nitrogen and oxygen atoms in total. The molecule has 480 valence electrons. The average Bonchev–Trinajstić information content (AvgIpc) is 2.31. The number of rotatable bonds is 25. The number of Topliss-reactive ketones (excluding diaryl/α,β-unsaturated/α-hetero) is 1. The number of hydrogen-bond acceptors (Lipinski definition) is 20. The molecule has 25 heteroatoms. The van der Waals surface area contributed by atoms with E-state index in [2.05, 4.69) is 45.9 Å². The summed E-state index contributed by atoms with van der Waals surface area (Å²) in [4.78, 5) is 86.9. The minimum Gasteiger partial charge on any atom is -0.490 e. The van der Waals surface area contributed by atoms with E-state index in [1.807, 2.05) is 48.5 Å². The Kier molecular flexibility index (Phi) is 22.6. The van der Waals surface area contributed by atoms with Crippen LogP contribution in [0, 0.1) is 34.5 Å². The summed E-state index contributed by atoms with van der Waals surface area (Å²) in [5, 5.41) is 7.84. The van der Waals surface area contributed by atoms with Gasteiger partial charge in [0.05, 0.1) is 73.1 Å². The molecule has 1 saturated heterocycles. The predicted molar refractivity (Wildman–Crippen MR) is 341 cm³/mol. The second-order valence-corrected chi connectivity index (χ2v) is 25.7. The fraction of sp³-hybridized carbons (Fsp3) is 0.531. The third-order valence-electron chi connectivity index (χ3n) is 16.1. The summed E-state index contributed by atoms with van der Waals surface area (Å²) in [5.74, 6) is -0.0423. The van der Waals surface area contributed by atoms with Gasteiger partial charge in [-0.25, -0.2) is 4.98 Å². The number of halogens is 2. The molecule has 1 unspecified atom stereocenters. The van der Waals surface area contributed by atoms with Crippen molar-refractivity contribution in [1.29, 1.82) is 0 Å². The number of pyridine rings is 2. The van der Waals surface area contributed by atoms with Crippen LogP contribution in [-0.4, -0.2) is 140 Å². The molecule has 3 aliphatic carbocycles. The highest BCUT2D eigenvalue weighted by Gasteiger charge is 2.61. The number of benzene rings is 2. The standard InChI is InChI=1S/C45H57ClN4O10.C18H20ClN3O4.CH4NP/c1-9-27-20-45(27,42(54)56-8)21-35(51)34-17-29(22-50(34)41(53)31(44(4,5)6)18-38(52)60-28-15-25-14-26(25)16-28)59-37-19-32(33-23-58-43(49-33)47-24(2)3)48-40-30(37)10-11-36(39(40)46)57-13-12-55-7;1-10(2)20-18-22-13(9-26-18)12-8-14(23)11-4-5-15(25-7-6-24-3)16(19)17(11)21-12;1-2-3/h9-11,19,23-29,31,34H,1,12-18,20-22H2,2-8H3,(H,47,49);4-5,8-10H,6-7H2,1-3H3,(H,20,22)(H,21,23);3H,1H3/t25-,26+,27-,28?,29-,31-,34+,45-;;/m1../s1. The van der Waals surface area contributed by atoms with Gasteiger partial charge in [-0.05, 0) is 110 Å². The van der Waals surface area contributed by atoms with Crippen LogP contribution in [0.15, 0.2) is 80.0 Å². The van der Waals surface area contributed by atoms with E-state index < -0.39 is 40.8 Å². The molecule has 4 aromatic heterocycles. The molecule has 5 heterocycles. The van der Waals surface area contributed by atoms with Crippen molar-refractivity contribution in [3.8, 4) is 40.0 Å². The van der Waals surface area contributed by atoms with E-state index >= 15 is 0 Å². The van der Waals surface area contributed by atoms with Crippen molar-refractivity contribution in [2.24, 2.45) is 39.2 Å². The zero-order chi connectivity index (χ0) is 64.5. The van der Waals surface area contributed by atoms with E-state index in [9.17, 15) is 24.0 Å². The van der Waals surface area contributed by atoms with E-state index in [-0.39, 0.29) is 78.7 Å². The van der Waals surface area contributed by atoms with Gasteiger partial charge < -0.3 is 62.5 Å². The molecule has 4 aliphatic rings. The van der Waals surface area contributed by atoms with Crippen LogP contribution in [0.2, 0.25) is 10.0 Å². The van der Waals surface area contributed by atoms with Crippen LogP contribution in [0.25, 0.3) is 44.6 Å². The maximum atomic E-state index is 14.9. The van der Waals surface area contributed by atoms with Crippen molar-refractivity contribution in [1.82, 2.24) is 24.8 Å². The minimum atomic E-state index is -1.05. The summed E-state index contributed by atoms with van der Waals surface area (Å²) in [6.07, 6.45) is 7.05. The van der Waals surface area contributed by atoms with Gasteiger partial charge in [-0.3, -0.25) is 28.7 Å². The minimum absolute atomic E-state index is 0.0382. The maximum Gasteiger partial charge on any atom is 0.312 e. The summed E-state index contributed by atoms with van der Waals surface area (Å²) in [6, 6.07) is 10.1. The molecule has 3 saturated carbocycles. The number of hydrogen-bond donors (Lipinski definition) is 3. The van der Waals surface area contributed by atoms with E-state index in [0.29, 0.717) is 117 Å². The summed E-state index contributed by atoms with van der Waals surface area (Å²) in [5.41, 5.74) is 0.852. The number of nitrogens with zero attached hydrogens (tertiary/aromatic N) is 5. The van der Waals surface area contributed by atoms with Gasteiger partial charge >= 0.3 is 11.9 Å². The highest BCUT2D eigenvalue weighted by molar-refractivity contribution is 7.03. The number of nitrogens with one attached hydrogen (secondary N) is 3.